The standard InChI is InChI=1S/C18H13F3N2O3S/c1-27(24,25)12-8-6-11(7-9-12)23-16-13-4-2-3-5-15(13)26-10-14(16)17(22-23)18(19,20)21/h2-9H,10H2,1H3. The molecule has 0 aliphatic carbocycles. The minimum atomic E-state index is -4.64. The molecule has 1 aromatic heterocycles. The monoisotopic (exact) mass is 394 g/mol. The van der Waals surface area contributed by atoms with Gasteiger partial charge in [0.15, 0.2) is 15.5 Å². The fourth-order valence-electron chi connectivity index (χ4n) is 3.05. The van der Waals surface area contributed by atoms with Crippen LogP contribution in [0.4, 0.5) is 13.2 Å². The van der Waals surface area contributed by atoms with Gasteiger partial charge in [-0.1, -0.05) is 12.1 Å². The molecule has 140 valence electrons. The molecular weight excluding hydrogens is 381 g/mol. The zero-order chi connectivity index (χ0) is 19.4. The van der Waals surface area contributed by atoms with E-state index >= 15 is 0 Å². The summed E-state index contributed by atoms with van der Waals surface area (Å²) in [4.78, 5) is 0.0760. The van der Waals surface area contributed by atoms with E-state index in [0.717, 1.165) is 6.26 Å². The summed E-state index contributed by atoms with van der Waals surface area (Å²) in [5.74, 6) is 0.465. The number of fused-ring (bicyclic) bond motifs is 3. The van der Waals surface area contributed by atoms with Crippen LogP contribution in [0.3, 0.4) is 0 Å². The Morgan fingerprint density at radius 2 is 1.74 bits per heavy atom. The molecule has 0 saturated heterocycles. The van der Waals surface area contributed by atoms with E-state index < -0.39 is 21.7 Å². The lowest BCUT2D eigenvalue weighted by atomic mass is 10.0. The van der Waals surface area contributed by atoms with Gasteiger partial charge in [-0.2, -0.15) is 18.3 Å². The number of aromatic nitrogens is 2. The Kier molecular flexibility index (Phi) is 3.81. The Labute approximate surface area is 152 Å². The summed E-state index contributed by atoms with van der Waals surface area (Å²) in [7, 11) is -3.42. The van der Waals surface area contributed by atoms with Gasteiger partial charge in [0, 0.05) is 17.4 Å². The van der Waals surface area contributed by atoms with E-state index in [9.17, 15) is 21.6 Å². The largest absolute Gasteiger partial charge is 0.488 e. The third kappa shape index (κ3) is 2.97. The number of alkyl halides is 3. The molecule has 5 nitrogen and oxygen atoms in total. The van der Waals surface area contributed by atoms with E-state index in [1.54, 1.807) is 24.3 Å². The van der Waals surface area contributed by atoms with Crippen LogP contribution < -0.4 is 4.74 Å². The fourth-order valence-corrected chi connectivity index (χ4v) is 3.68. The lowest BCUT2D eigenvalue weighted by molar-refractivity contribution is -0.142. The maximum Gasteiger partial charge on any atom is 0.435 e. The van der Waals surface area contributed by atoms with Crippen LogP contribution in [0.5, 0.6) is 5.75 Å². The van der Waals surface area contributed by atoms with Gasteiger partial charge in [0.05, 0.1) is 16.3 Å². The van der Waals surface area contributed by atoms with E-state index in [2.05, 4.69) is 5.10 Å². The molecule has 2 aromatic carbocycles. The van der Waals surface area contributed by atoms with Crippen LogP contribution in [-0.4, -0.2) is 24.5 Å². The van der Waals surface area contributed by atoms with Gasteiger partial charge < -0.3 is 4.74 Å². The molecule has 1 aliphatic heterocycles. The highest BCUT2D eigenvalue weighted by molar-refractivity contribution is 7.90. The first-order valence-electron chi connectivity index (χ1n) is 7.88. The van der Waals surface area contributed by atoms with Gasteiger partial charge >= 0.3 is 6.18 Å². The number of ether oxygens (including phenoxy) is 1. The van der Waals surface area contributed by atoms with Crippen molar-refractivity contribution in [2.75, 3.05) is 6.26 Å². The van der Waals surface area contributed by atoms with Crippen molar-refractivity contribution in [1.82, 2.24) is 9.78 Å². The molecule has 0 fully saturated rings. The number of nitrogens with zero attached hydrogens (tertiary/aromatic N) is 2. The molecule has 1 aliphatic rings. The summed E-state index contributed by atoms with van der Waals surface area (Å²) in [5.41, 5.74) is 0.0451. The summed E-state index contributed by atoms with van der Waals surface area (Å²) in [6, 6.07) is 12.3. The van der Waals surface area contributed by atoms with Crippen molar-refractivity contribution in [2.24, 2.45) is 0 Å². The first-order chi connectivity index (χ1) is 12.7. The first-order valence-corrected chi connectivity index (χ1v) is 9.77. The molecule has 2 heterocycles. The van der Waals surface area contributed by atoms with Gasteiger partial charge in [0.1, 0.15) is 12.4 Å². The number of sulfone groups is 1. The van der Waals surface area contributed by atoms with E-state index in [0.29, 0.717) is 17.0 Å². The summed E-state index contributed by atoms with van der Waals surface area (Å²) < 4.78 is 70.4. The molecule has 3 aromatic rings. The van der Waals surface area contributed by atoms with Crippen molar-refractivity contribution in [3.05, 3.63) is 59.8 Å². The zero-order valence-electron chi connectivity index (χ0n) is 14.0. The summed E-state index contributed by atoms with van der Waals surface area (Å²) in [6.45, 7) is -0.247. The third-order valence-electron chi connectivity index (χ3n) is 4.28. The predicted octanol–water partition coefficient (Wildman–Crippen LogP) is 3.85. The minimum Gasteiger partial charge on any atom is -0.488 e. The molecule has 9 heteroatoms. The van der Waals surface area contributed by atoms with Crippen LogP contribution in [0.2, 0.25) is 0 Å². The minimum absolute atomic E-state index is 0.0478. The van der Waals surface area contributed by atoms with Crippen LogP contribution in [-0.2, 0) is 22.6 Å². The second-order valence-electron chi connectivity index (χ2n) is 6.14. The van der Waals surface area contributed by atoms with Gasteiger partial charge in [-0.15, -0.1) is 0 Å². The number of benzene rings is 2. The molecule has 0 amide bonds. The van der Waals surface area contributed by atoms with Gasteiger partial charge in [-0.3, -0.25) is 0 Å². The van der Waals surface area contributed by atoms with E-state index in [1.165, 1.54) is 28.9 Å². The van der Waals surface area contributed by atoms with Crippen molar-refractivity contribution in [3.63, 3.8) is 0 Å². The lowest BCUT2D eigenvalue weighted by Crippen LogP contribution is -2.12. The predicted molar refractivity (Wildman–Crippen MR) is 91.4 cm³/mol. The van der Waals surface area contributed by atoms with Crippen molar-refractivity contribution in [3.8, 4) is 22.7 Å². The number of hydrogen-bond acceptors (Lipinski definition) is 4. The molecule has 0 saturated carbocycles. The Morgan fingerprint density at radius 3 is 2.37 bits per heavy atom. The SMILES string of the molecule is CS(=O)(=O)c1ccc(-n2nc(C(F)(F)F)c3c2-c2ccccc2OC3)cc1. The van der Waals surface area contributed by atoms with Gasteiger partial charge in [-0.25, -0.2) is 13.1 Å². The van der Waals surface area contributed by atoms with Crippen molar-refractivity contribution < 1.29 is 26.3 Å². The molecule has 0 radical (unpaired) electrons. The topological polar surface area (TPSA) is 61.2 Å². The van der Waals surface area contributed by atoms with Crippen LogP contribution in [0.1, 0.15) is 11.3 Å². The molecule has 0 atom stereocenters. The fraction of sp³-hybridized carbons (Fsp3) is 0.167. The number of halogens is 3. The van der Waals surface area contributed by atoms with Crippen LogP contribution in [0.15, 0.2) is 53.4 Å². The average molecular weight is 394 g/mol. The van der Waals surface area contributed by atoms with Crippen molar-refractivity contribution >= 4 is 9.84 Å². The van der Waals surface area contributed by atoms with E-state index in [4.69, 9.17) is 4.74 Å². The molecule has 27 heavy (non-hydrogen) atoms. The van der Waals surface area contributed by atoms with Crippen LogP contribution in [0, 0.1) is 0 Å². The van der Waals surface area contributed by atoms with E-state index in [1.807, 2.05) is 0 Å². The Bertz CT molecular complexity index is 1130. The highest BCUT2D eigenvalue weighted by atomic mass is 32.2. The molecule has 4 rings (SSSR count). The Morgan fingerprint density at radius 1 is 1.07 bits per heavy atom. The van der Waals surface area contributed by atoms with Gasteiger partial charge in [0.25, 0.3) is 0 Å². The summed E-state index contributed by atoms with van der Waals surface area (Å²) in [6.07, 6.45) is -3.58. The highest BCUT2D eigenvalue weighted by Crippen LogP contribution is 2.43. The normalized spacial score (nSPS) is 13.6. The first kappa shape index (κ1) is 17.6. The summed E-state index contributed by atoms with van der Waals surface area (Å²) >= 11 is 0. The van der Waals surface area contributed by atoms with Crippen molar-refractivity contribution in [2.45, 2.75) is 17.7 Å². The number of rotatable bonds is 2. The molecule has 0 unspecified atom stereocenters. The Balaban J connectivity index is 1.96. The Hall–Kier alpha value is -2.81. The van der Waals surface area contributed by atoms with Crippen molar-refractivity contribution in [1.29, 1.82) is 0 Å². The molecule has 0 spiro atoms. The second-order valence-corrected chi connectivity index (χ2v) is 8.15. The third-order valence-corrected chi connectivity index (χ3v) is 5.40. The number of hydrogen-bond donors (Lipinski definition) is 0. The smallest absolute Gasteiger partial charge is 0.435 e. The van der Waals surface area contributed by atoms with Crippen LogP contribution >= 0.6 is 0 Å². The van der Waals surface area contributed by atoms with E-state index in [-0.39, 0.29) is 22.8 Å². The molecule has 0 N–H and O–H groups in total. The lowest BCUT2D eigenvalue weighted by Gasteiger charge is -2.20. The van der Waals surface area contributed by atoms with Gasteiger partial charge in [0.2, 0.25) is 0 Å². The summed E-state index contributed by atoms with van der Waals surface area (Å²) in [5, 5.41) is 3.79. The highest BCUT2D eigenvalue weighted by Gasteiger charge is 2.41. The zero-order valence-corrected chi connectivity index (χ0v) is 14.8. The average Bonchev–Trinajstić information content (AvgIpc) is 3.01. The second kappa shape index (κ2) is 5.85. The maximum absolute atomic E-state index is 13.5. The molecule has 0 bridgehead atoms. The quantitative estimate of drug-likeness (QED) is 0.662. The maximum atomic E-state index is 13.5. The number of para-hydroxylation sites is 1. The van der Waals surface area contributed by atoms with Crippen LogP contribution in [0.25, 0.3) is 16.9 Å². The van der Waals surface area contributed by atoms with Gasteiger partial charge in [-0.05, 0) is 36.4 Å². The molecular formula is C18H13F3N2O3S.